The largest absolute Gasteiger partial charge is 0.378 e. The van der Waals surface area contributed by atoms with Crippen LogP contribution in [0.1, 0.15) is 31.2 Å². The van der Waals surface area contributed by atoms with Crippen molar-refractivity contribution in [3.8, 4) is 0 Å². The molecule has 4 heteroatoms. The summed E-state index contributed by atoms with van der Waals surface area (Å²) in [6, 6.07) is 6.43. The van der Waals surface area contributed by atoms with E-state index in [1.165, 1.54) is 31.4 Å². The molecule has 3 atom stereocenters. The number of nitrogens with zero attached hydrogens (tertiary/aromatic N) is 1. The monoisotopic (exact) mass is 304 g/mol. The zero-order chi connectivity index (χ0) is 15.1. The van der Waals surface area contributed by atoms with E-state index in [1.807, 2.05) is 13.0 Å². The first-order chi connectivity index (χ1) is 10.7. The Morgan fingerprint density at radius 1 is 1.23 bits per heavy atom. The molecular formula is C18H25FN2O. The molecule has 2 heterocycles. The first-order valence-corrected chi connectivity index (χ1v) is 8.59. The van der Waals surface area contributed by atoms with Gasteiger partial charge in [0.15, 0.2) is 0 Å². The van der Waals surface area contributed by atoms with Crippen LogP contribution in [0.3, 0.4) is 0 Å². The minimum Gasteiger partial charge on any atom is -0.378 e. The van der Waals surface area contributed by atoms with Crippen molar-refractivity contribution < 1.29 is 9.13 Å². The number of ether oxygens (including phenoxy) is 1. The van der Waals surface area contributed by atoms with Gasteiger partial charge < -0.3 is 15.0 Å². The average molecular weight is 304 g/mol. The molecule has 0 unspecified atom stereocenters. The average Bonchev–Trinajstić information content (AvgIpc) is 2.87. The first-order valence-electron chi connectivity index (χ1n) is 8.59. The molecule has 0 amide bonds. The molecule has 3 aliphatic rings. The summed E-state index contributed by atoms with van der Waals surface area (Å²) >= 11 is 0. The fourth-order valence-electron chi connectivity index (χ4n) is 4.35. The van der Waals surface area contributed by atoms with Crippen LogP contribution in [0.25, 0.3) is 0 Å². The Morgan fingerprint density at radius 2 is 2.05 bits per heavy atom. The molecular weight excluding hydrogens is 279 g/mol. The van der Waals surface area contributed by atoms with E-state index in [4.69, 9.17) is 4.74 Å². The third-order valence-corrected chi connectivity index (χ3v) is 5.71. The molecule has 1 aromatic carbocycles. The number of rotatable bonds is 3. The van der Waals surface area contributed by atoms with Gasteiger partial charge in [0.2, 0.25) is 0 Å². The van der Waals surface area contributed by atoms with Crippen LogP contribution in [-0.4, -0.2) is 37.9 Å². The molecule has 1 aliphatic carbocycles. The van der Waals surface area contributed by atoms with Gasteiger partial charge in [-0.1, -0.05) is 0 Å². The van der Waals surface area contributed by atoms with Crippen molar-refractivity contribution >= 4 is 5.69 Å². The van der Waals surface area contributed by atoms with Gasteiger partial charge in [-0.2, -0.15) is 0 Å². The van der Waals surface area contributed by atoms with Gasteiger partial charge in [-0.25, -0.2) is 4.39 Å². The van der Waals surface area contributed by atoms with Gasteiger partial charge in [-0.05, 0) is 56.4 Å². The van der Waals surface area contributed by atoms with Crippen LogP contribution in [0.15, 0.2) is 18.2 Å². The minimum atomic E-state index is -0.142. The number of halogens is 1. The maximum Gasteiger partial charge on any atom is 0.123 e. The van der Waals surface area contributed by atoms with Crippen molar-refractivity contribution in [1.29, 1.82) is 0 Å². The molecule has 4 rings (SSSR count). The second kappa shape index (κ2) is 5.82. The molecule has 2 aliphatic heterocycles. The zero-order valence-electron chi connectivity index (χ0n) is 13.2. The van der Waals surface area contributed by atoms with Gasteiger partial charge in [0.05, 0.1) is 6.10 Å². The van der Waals surface area contributed by atoms with E-state index in [2.05, 4.69) is 10.2 Å². The second-order valence-corrected chi connectivity index (χ2v) is 7.06. The number of fused-ring (bicyclic) bond motifs is 1. The Balaban J connectivity index is 1.31. The van der Waals surface area contributed by atoms with E-state index >= 15 is 0 Å². The Hall–Kier alpha value is -1.13. The Bertz CT molecular complexity index is 542. The maximum absolute atomic E-state index is 13.2. The van der Waals surface area contributed by atoms with Gasteiger partial charge in [0, 0.05) is 43.4 Å². The third-order valence-electron chi connectivity index (χ3n) is 5.71. The van der Waals surface area contributed by atoms with Crippen LogP contribution in [0.4, 0.5) is 10.1 Å². The standard InChI is InChI=1S/C18H25FN2O/c1-12-10-13(19)2-3-17(12)21-7-4-14(5-8-21)20-16-11-18-15(16)6-9-22-18/h2-3,10,14-16,18,20H,4-9,11H2,1H3/t15-,16-,18+/m1/s1. The highest BCUT2D eigenvalue weighted by atomic mass is 19.1. The molecule has 2 saturated heterocycles. The zero-order valence-corrected chi connectivity index (χ0v) is 13.2. The molecule has 1 aromatic rings. The van der Waals surface area contributed by atoms with Crippen molar-refractivity contribution in [2.24, 2.45) is 5.92 Å². The Labute approximate surface area is 131 Å². The third kappa shape index (κ3) is 2.63. The highest BCUT2D eigenvalue weighted by Crippen LogP contribution is 2.39. The van der Waals surface area contributed by atoms with Crippen molar-refractivity contribution in [2.45, 2.75) is 50.8 Å². The molecule has 1 saturated carbocycles. The molecule has 3 fully saturated rings. The number of hydrogen-bond acceptors (Lipinski definition) is 3. The lowest BCUT2D eigenvalue weighted by atomic mass is 9.75. The fraction of sp³-hybridized carbons (Fsp3) is 0.667. The van der Waals surface area contributed by atoms with E-state index in [9.17, 15) is 4.39 Å². The summed E-state index contributed by atoms with van der Waals surface area (Å²) in [5, 5.41) is 3.86. The van der Waals surface area contributed by atoms with Crippen LogP contribution in [0.5, 0.6) is 0 Å². The molecule has 1 N–H and O–H groups in total. The van der Waals surface area contributed by atoms with Gasteiger partial charge in [0.25, 0.3) is 0 Å². The summed E-state index contributed by atoms with van der Waals surface area (Å²) in [6.07, 6.45) is 5.31. The topological polar surface area (TPSA) is 24.5 Å². The van der Waals surface area contributed by atoms with Crippen molar-refractivity contribution in [3.63, 3.8) is 0 Å². The second-order valence-electron chi connectivity index (χ2n) is 7.06. The van der Waals surface area contributed by atoms with Crippen molar-refractivity contribution in [3.05, 3.63) is 29.6 Å². The number of piperidine rings is 1. The van der Waals surface area contributed by atoms with Crippen LogP contribution < -0.4 is 10.2 Å². The smallest absolute Gasteiger partial charge is 0.123 e. The van der Waals surface area contributed by atoms with Gasteiger partial charge in [-0.3, -0.25) is 0 Å². The summed E-state index contributed by atoms with van der Waals surface area (Å²) < 4.78 is 18.9. The molecule has 0 bridgehead atoms. The van der Waals surface area contributed by atoms with Crippen LogP contribution in [0.2, 0.25) is 0 Å². The summed E-state index contributed by atoms with van der Waals surface area (Å²) in [5.74, 6) is 0.619. The lowest BCUT2D eigenvalue weighted by molar-refractivity contribution is 0.00282. The Morgan fingerprint density at radius 3 is 2.77 bits per heavy atom. The lowest BCUT2D eigenvalue weighted by Gasteiger charge is -2.44. The van der Waals surface area contributed by atoms with E-state index < -0.39 is 0 Å². The predicted molar refractivity (Wildman–Crippen MR) is 85.8 cm³/mol. The van der Waals surface area contributed by atoms with E-state index in [0.717, 1.165) is 31.2 Å². The molecule has 120 valence electrons. The Kier molecular flexibility index (Phi) is 3.82. The maximum atomic E-state index is 13.2. The van der Waals surface area contributed by atoms with E-state index in [-0.39, 0.29) is 5.82 Å². The number of nitrogens with one attached hydrogen (secondary N) is 1. The van der Waals surface area contributed by atoms with Crippen molar-refractivity contribution in [2.75, 3.05) is 24.6 Å². The minimum absolute atomic E-state index is 0.142. The lowest BCUT2D eigenvalue weighted by Crippen LogP contribution is -2.56. The van der Waals surface area contributed by atoms with Gasteiger partial charge in [0.1, 0.15) is 5.82 Å². The summed E-state index contributed by atoms with van der Waals surface area (Å²) in [5.41, 5.74) is 2.23. The number of aryl methyl sites for hydroxylation is 1. The summed E-state index contributed by atoms with van der Waals surface area (Å²) in [4.78, 5) is 2.40. The molecule has 22 heavy (non-hydrogen) atoms. The highest BCUT2D eigenvalue weighted by molar-refractivity contribution is 5.53. The molecule has 0 radical (unpaired) electrons. The van der Waals surface area contributed by atoms with E-state index in [0.29, 0.717) is 18.2 Å². The van der Waals surface area contributed by atoms with Gasteiger partial charge in [-0.15, -0.1) is 0 Å². The van der Waals surface area contributed by atoms with Crippen LogP contribution in [-0.2, 0) is 4.74 Å². The van der Waals surface area contributed by atoms with Crippen molar-refractivity contribution in [1.82, 2.24) is 5.32 Å². The number of hydrogen-bond donors (Lipinski definition) is 1. The molecule has 0 aromatic heterocycles. The number of anilines is 1. The van der Waals surface area contributed by atoms with Crippen LogP contribution in [0, 0.1) is 18.7 Å². The van der Waals surface area contributed by atoms with E-state index in [1.54, 1.807) is 12.1 Å². The number of benzene rings is 1. The predicted octanol–water partition coefficient (Wildman–Crippen LogP) is 2.87. The summed E-state index contributed by atoms with van der Waals surface area (Å²) in [6.45, 7) is 5.07. The SMILES string of the molecule is Cc1cc(F)ccc1N1CCC(N[C@@H]2C[C@@H]3OCC[C@@H]32)CC1. The highest BCUT2D eigenvalue weighted by Gasteiger charge is 2.45. The normalized spacial score (nSPS) is 31.9. The summed E-state index contributed by atoms with van der Waals surface area (Å²) in [7, 11) is 0. The molecule has 0 spiro atoms. The quantitative estimate of drug-likeness (QED) is 0.929. The van der Waals surface area contributed by atoms with Gasteiger partial charge >= 0.3 is 0 Å². The van der Waals surface area contributed by atoms with Crippen LogP contribution >= 0.6 is 0 Å². The fourth-order valence-corrected chi connectivity index (χ4v) is 4.35. The molecule has 3 nitrogen and oxygen atoms in total. The first kappa shape index (κ1) is 14.5.